The molecule has 1 aliphatic rings. The van der Waals surface area contributed by atoms with Crippen LogP contribution in [0.1, 0.15) is 50.9 Å². The number of benzene rings is 2. The molecule has 4 rings (SSSR count). The predicted molar refractivity (Wildman–Crippen MR) is 151 cm³/mol. The van der Waals surface area contributed by atoms with Crippen LogP contribution in [0.5, 0.6) is 5.75 Å². The molecule has 0 atom stereocenters. The third-order valence-corrected chi connectivity index (χ3v) is 8.01. The monoisotopic (exact) mass is 554 g/mol. The molecule has 10 heteroatoms. The number of ether oxygens (including phenoxy) is 1. The van der Waals surface area contributed by atoms with Crippen molar-refractivity contribution in [3.8, 4) is 17.0 Å². The van der Waals surface area contributed by atoms with E-state index in [1.54, 1.807) is 18.2 Å². The van der Waals surface area contributed by atoms with Crippen LogP contribution in [0.4, 0.5) is 15.9 Å². The molecule has 1 fully saturated rings. The number of hydrogen-bond acceptors (Lipinski definition) is 7. The van der Waals surface area contributed by atoms with Crippen LogP contribution < -0.4 is 20.1 Å². The number of sulfonamides is 1. The molecule has 2 aromatic carbocycles. The number of anilines is 2. The van der Waals surface area contributed by atoms with Crippen molar-refractivity contribution in [2.45, 2.75) is 45.4 Å². The summed E-state index contributed by atoms with van der Waals surface area (Å²) in [5.41, 5.74) is 7.18. The second-order valence-electron chi connectivity index (χ2n) is 11.1. The molecular weight excluding hydrogens is 519 g/mol. The fourth-order valence-corrected chi connectivity index (χ4v) is 5.35. The molecule has 0 unspecified atom stereocenters. The van der Waals surface area contributed by atoms with E-state index in [0.29, 0.717) is 42.5 Å². The van der Waals surface area contributed by atoms with Gasteiger partial charge in [0.1, 0.15) is 17.4 Å². The number of nitrogens with zero attached hydrogens (tertiary/aromatic N) is 2. The average molecular weight is 555 g/mol. The number of hydrogen-bond donors (Lipinski definition) is 2. The summed E-state index contributed by atoms with van der Waals surface area (Å²) in [4.78, 5) is 20.0. The highest BCUT2D eigenvalue weighted by Gasteiger charge is 2.30. The Morgan fingerprint density at radius 3 is 2.51 bits per heavy atom. The van der Waals surface area contributed by atoms with Crippen molar-refractivity contribution in [1.29, 1.82) is 0 Å². The first-order valence-corrected chi connectivity index (χ1v) is 14.4. The maximum Gasteiger partial charge on any atom is 0.268 e. The van der Waals surface area contributed by atoms with Crippen molar-refractivity contribution in [3.63, 3.8) is 0 Å². The van der Waals surface area contributed by atoms with Crippen molar-refractivity contribution in [3.05, 3.63) is 66.0 Å². The Kier molecular flexibility index (Phi) is 8.15. The highest BCUT2D eigenvalue weighted by Crippen LogP contribution is 2.34. The zero-order valence-corrected chi connectivity index (χ0v) is 23.5. The van der Waals surface area contributed by atoms with Crippen LogP contribution in [0, 0.1) is 17.2 Å². The van der Waals surface area contributed by atoms with E-state index in [2.05, 4.69) is 18.6 Å². The minimum absolute atomic E-state index is 0.110. The molecule has 0 bridgehead atoms. The summed E-state index contributed by atoms with van der Waals surface area (Å²) < 4.78 is 48.3. The largest absolute Gasteiger partial charge is 0.493 e. The van der Waals surface area contributed by atoms with Crippen LogP contribution in [-0.2, 0) is 10.0 Å². The minimum atomic E-state index is -4.18. The average Bonchev–Trinajstić information content (AvgIpc) is 2.86. The van der Waals surface area contributed by atoms with Gasteiger partial charge in [-0.15, -0.1) is 0 Å². The Morgan fingerprint density at radius 1 is 1.13 bits per heavy atom. The van der Waals surface area contributed by atoms with Gasteiger partial charge in [-0.25, -0.2) is 22.5 Å². The molecule has 0 spiro atoms. The number of rotatable bonds is 8. The van der Waals surface area contributed by atoms with Gasteiger partial charge in [0.2, 0.25) is 0 Å². The normalized spacial score (nSPS) is 15.3. The molecule has 39 heavy (non-hydrogen) atoms. The van der Waals surface area contributed by atoms with E-state index in [1.807, 2.05) is 18.7 Å². The van der Waals surface area contributed by atoms with E-state index in [-0.39, 0.29) is 27.5 Å². The van der Waals surface area contributed by atoms with E-state index in [0.717, 1.165) is 12.8 Å². The lowest BCUT2D eigenvalue weighted by Crippen LogP contribution is -2.39. The van der Waals surface area contributed by atoms with Gasteiger partial charge in [-0.2, -0.15) is 0 Å². The van der Waals surface area contributed by atoms with Crippen LogP contribution >= 0.6 is 0 Å². The van der Waals surface area contributed by atoms with Gasteiger partial charge in [-0.3, -0.25) is 4.79 Å². The minimum Gasteiger partial charge on any atom is -0.493 e. The van der Waals surface area contributed by atoms with Crippen molar-refractivity contribution < 1.29 is 22.3 Å². The molecule has 1 amide bonds. The third kappa shape index (κ3) is 7.06. The molecule has 0 saturated carbocycles. The highest BCUT2D eigenvalue weighted by molar-refractivity contribution is 7.90. The molecule has 1 aromatic heterocycles. The molecule has 208 valence electrons. The lowest BCUT2D eigenvalue weighted by atomic mass is 9.82. The summed E-state index contributed by atoms with van der Waals surface area (Å²) >= 11 is 0. The van der Waals surface area contributed by atoms with E-state index in [4.69, 9.17) is 15.5 Å². The Balaban J connectivity index is 1.71. The summed E-state index contributed by atoms with van der Waals surface area (Å²) in [6.07, 6.45) is 1.74. The quantitative estimate of drug-likeness (QED) is 0.366. The van der Waals surface area contributed by atoms with Crippen LogP contribution in [0.25, 0.3) is 11.3 Å². The fourth-order valence-electron chi connectivity index (χ4n) is 4.33. The van der Waals surface area contributed by atoms with E-state index in [1.165, 1.54) is 36.4 Å². The van der Waals surface area contributed by atoms with Crippen LogP contribution in [0.15, 0.2) is 59.5 Å². The Labute approximate surface area is 229 Å². The number of nitrogen functional groups attached to an aromatic ring is 1. The number of pyridine rings is 1. The predicted octanol–water partition coefficient (Wildman–Crippen LogP) is 5.25. The topological polar surface area (TPSA) is 115 Å². The van der Waals surface area contributed by atoms with Gasteiger partial charge in [0.15, 0.2) is 0 Å². The Bertz CT molecular complexity index is 1460. The standard InChI is InChI=1S/C29H35FN4O4S/c1-19(2)18-38-23-15-20(14-21(30)16-23)26-9-8-25(27(32-26)34-12-10-29(3,4)11-13-34)28(35)33-39(36,37)24-7-5-6-22(31)17-24/h5-9,14-17,19H,10-13,18,31H2,1-4H3,(H,33,35). The number of nitrogens with two attached hydrogens (primary N) is 1. The summed E-state index contributed by atoms with van der Waals surface area (Å²) in [6.45, 7) is 10.1. The first-order valence-electron chi connectivity index (χ1n) is 13.0. The SMILES string of the molecule is CC(C)COc1cc(F)cc(-c2ccc(C(=O)NS(=O)(=O)c3cccc(N)c3)c(N3CCC(C)(C)CC3)n2)c1. The lowest BCUT2D eigenvalue weighted by Gasteiger charge is -2.38. The van der Waals surface area contributed by atoms with E-state index in [9.17, 15) is 17.6 Å². The smallest absolute Gasteiger partial charge is 0.268 e. The number of carbonyl (C=O) groups excluding carboxylic acids is 1. The molecule has 0 radical (unpaired) electrons. The van der Waals surface area contributed by atoms with Crippen LogP contribution in [0.3, 0.4) is 0 Å². The second kappa shape index (κ2) is 11.2. The molecule has 3 N–H and O–H groups in total. The number of halogens is 1. The summed E-state index contributed by atoms with van der Waals surface area (Å²) in [5.74, 6) is -0.277. The first-order chi connectivity index (χ1) is 18.3. The number of amides is 1. The maximum absolute atomic E-state index is 14.5. The van der Waals surface area contributed by atoms with Crippen molar-refractivity contribution >= 4 is 27.4 Å². The van der Waals surface area contributed by atoms with Crippen molar-refractivity contribution in [2.75, 3.05) is 30.3 Å². The fraction of sp³-hybridized carbons (Fsp3) is 0.379. The summed E-state index contributed by atoms with van der Waals surface area (Å²) in [7, 11) is -4.18. The van der Waals surface area contributed by atoms with Gasteiger partial charge in [0.25, 0.3) is 15.9 Å². The van der Waals surface area contributed by atoms with Gasteiger partial charge in [-0.05, 0) is 66.6 Å². The van der Waals surface area contributed by atoms with Gasteiger partial charge >= 0.3 is 0 Å². The van der Waals surface area contributed by atoms with Crippen molar-refractivity contribution in [2.24, 2.45) is 11.3 Å². The van der Waals surface area contributed by atoms with Gasteiger partial charge in [0.05, 0.1) is 22.8 Å². The van der Waals surface area contributed by atoms with Gasteiger partial charge < -0.3 is 15.4 Å². The summed E-state index contributed by atoms with van der Waals surface area (Å²) in [5, 5.41) is 0. The van der Waals surface area contributed by atoms with E-state index >= 15 is 0 Å². The van der Waals surface area contributed by atoms with Crippen LogP contribution in [0.2, 0.25) is 0 Å². The molecular formula is C29H35FN4O4S. The highest BCUT2D eigenvalue weighted by atomic mass is 32.2. The van der Waals surface area contributed by atoms with Gasteiger partial charge in [0, 0.05) is 30.4 Å². The van der Waals surface area contributed by atoms with Crippen molar-refractivity contribution in [1.82, 2.24) is 9.71 Å². The molecule has 3 aromatic rings. The maximum atomic E-state index is 14.5. The van der Waals surface area contributed by atoms with Gasteiger partial charge in [-0.1, -0.05) is 33.8 Å². The number of piperidine rings is 1. The summed E-state index contributed by atoms with van der Waals surface area (Å²) in [6, 6.07) is 13.2. The number of carbonyl (C=O) groups is 1. The Morgan fingerprint density at radius 2 is 1.85 bits per heavy atom. The van der Waals surface area contributed by atoms with E-state index < -0.39 is 21.7 Å². The molecule has 8 nitrogen and oxygen atoms in total. The zero-order chi connectivity index (χ0) is 28.4. The molecule has 1 saturated heterocycles. The lowest BCUT2D eigenvalue weighted by molar-refractivity contribution is 0.0981. The number of nitrogens with one attached hydrogen (secondary N) is 1. The zero-order valence-electron chi connectivity index (χ0n) is 22.7. The molecule has 2 heterocycles. The third-order valence-electron chi connectivity index (χ3n) is 6.68. The molecule has 1 aliphatic heterocycles. The van der Waals surface area contributed by atoms with Crippen LogP contribution in [-0.4, -0.2) is 39.0 Å². The second-order valence-corrected chi connectivity index (χ2v) is 12.8. The molecule has 0 aliphatic carbocycles. The first kappa shape index (κ1) is 28.4. The Hall–Kier alpha value is -3.66. The number of aromatic nitrogens is 1.